The lowest BCUT2D eigenvalue weighted by Crippen LogP contribution is -2.06. The smallest absolute Gasteiger partial charge is 0.206 e. The molecule has 0 amide bonds. The number of methoxy groups -OCH3 is 1. The number of aromatic nitrogens is 2. The molecule has 0 bridgehead atoms. The second-order valence-corrected chi connectivity index (χ2v) is 5.77. The van der Waals surface area contributed by atoms with Gasteiger partial charge in [-0.15, -0.1) is 10.2 Å². The molecule has 4 nitrogen and oxygen atoms in total. The highest BCUT2D eigenvalue weighted by Gasteiger charge is 2.04. The summed E-state index contributed by atoms with van der Waals surface area (Å²) in [6.45, 7) is 1.43. The van der Waals surface area contributed by atoms with Crippen LogP contribution in [0.25, 0.3) is 0 Å². The molecule has 0 aliphatic carbocycles. The fourth-order valence-electron chi connectivity index (χ4n) is 1.32. The van der Waals surface area contributed by atoms with Crippen LogP contribution < -0.4 is 5.32 Å². The van der Waals surface area contributed by atoms with Crippen LogP contribution in [0.15, 0.2) is 34.7 Å². The molecule has 6 heteroatoms. The second kappa shape index (κ2) is 7.35. The van der Waals surface area contributed by atoms with E-state index in [9.17, 15) is 0 Å². The minimum Gasteiger partial charge on any atom is -0.383 e. The Morgan fingerprint density at radius 2 is 2.11 bits per heavy atom. The zero-order valence-corrected chi connectivity index (χ0v) is 11.8. The van der Waals surface area contributed by atoms with Crippen molar-refractivity contribution in [2.75, 3.05) is 25.6 Å². The van der Waals surface area contributed by atoms with Crippen LogP contribution in [0.2, 0.25) is 0 Å². The highest BCUT2D eigenvalue weighted by molar-refractivity contribution is 8.00. The normalized spacial score (nSPS) is 10.5. The molecule has 18 heavy (non-hydrogen) atoms. The van der Waals surface area contributed by atoms with Gasteiger partial charge in [0.15, 0.2) is 4.34 Å². The van der Waals surface area contributed by atoms with Gasteiger partial charge in [0.1, 0.15) is 0 Å². The van der Waals surface area contributed by atoms with Crippen molar-refractivity contribution >= 4 is 28.2 Å². The second-order valence-electron chi connectivity index (χ2n) is 3.57. The largest absolute Gasteiger partial charge is 0.383 e. The van der Waals surface area contributed by atoms with Gasteiger partial charge in [0, 0.05) is 19.4 Å². The van der Waals surface area contributed by atoms with Crippen LogP contribution >= 0.6 is 23.1 Å². The van der Waals surface area contributed by atoms with E-state index in [0.29, 0.717) is 6.61 Å². The quantitative estimate of drug-likeness (QED) is 0.624. The average Bonchev–Trinajstić information content (AvgIpc) is 2.86. The van der Waals surface area contributed by atoms with Gasteiger partial charge in [0.05, 0.1) is 6.61 Å². The Bertz CT molecular complexity index is 461. The number of thioether (sulfide) groups is 1. The molecule has 2 aromatic rings. The fourth-order valence-corrected chi connectivity index (χ4v) is 3.05. The summed E-state index contributed by atoms with van der Waals surface area (Å²) in [6.07, 6.45) is 0. The highest BCUT2D eigenvalue weighted by Crippen LogP contribution is 2.27. The summed E-state index contributed by atoms with van der Waals surface area (Å²) >= 11 is 3.28. The summed E-state index contributed by atoms with van der Waals surface area (Å²) in [4.78, 5) is 0. The van der Waals surface area contributed by atoms with Crippen molar-refractivity contribution in [2.24, 2.45) is 0 Å². The number of nitrogens with one attached hydrogen (secondary N) is 1. The summed E-state index contributed by atoms with van der Waals surface area (Å²) in [7, 11) is 1.68. The minimum atomic E-state index is 0.673. The molecule has 1 heterocycles. The van der Waals surface area contributed by atoms with Gasteiger partial charge in [0.25, 0.3) is 0 Å². The molecule has 0 saturated carbocycles. The first-order valence-corrected chi connectivity index (χ1v) is 7.42. The van der Waals surface area contributed by atoms with Gasteiger partial charge in [-0.1, -0.05) is 53.4 Å². The molecule has 0 atom stereocenters. The molecule has 96 valence electrons. The fraction of sp³-hybridized carbons (Fsp3) is 0.333. The van der Waals surface area contributed by atoms with E-state index in [1.165, 1.54) is 5.56 Å². The Balaban J connectivity index is 1.80. The molecule has 0 spiro atoms. The number of anilines is 1. The molecule has 1 aromatic carbocycles. The van der Waals surface area contributed by atoms with Gasteiger partial charge in [-0.25, -0.2) is 0 Å². The van der Waals surface area contributed by atoms with Crippen LogP contribution in [0.5, 0.6) is 0 Å². The van der Waals surface area contributed by atoms with E-state index in [0.717, 1.165) is 21.8 Å². The zero-order chi connectivity index (χ0) is 12.6. The first kappa shape index (κ1) is 13.3. The summed E-state index contributed by atoms with van der Waals surface area (Å²) < 4.78 is 5.95. The third-order valence-electron chi connectivity index (χ3n) is 2.19. The Kier molecular flexibility index (Phi) is 5.44. The summed E-state index contributed by atoms with van der Waals surface area (Å²) in [5.74, 6) is 0.924. The van der Waals surface area contributed by atoms with Crippen molar-refractivity contribution in [1.82, 2.24) is 10.2 Å². The van der Waals surface area contributed by atoms with Crippen LogP contribution in [0.3, 0.4) is 0 Å². The van der Waals surface area contributed by atoms with Gasteiger partial charge in [-0.3, -0.25) is 0 Å². The van der Waals surface area contributed by atoms with E-state index in [4.69, 9.17) is 4.74 Å². The summed E-state index contributed by atoms with van der Waals surface area (Å²) in [5, 5.41) is 12.2. The molecule has 0 unspecified atom stereocenters. The summed E-state index contributed by atoms with van der Waals surface area (Å²) in [6, 6.07) is 10.4. The number of nitrogens with zero attached hydrogens (tertiary/aromatic N) is 2. The van der Waals surface area contributed by atoms with E-state index in [-0.39, 0.29) is 0 Å². The lowest BCUT2D eigenvalue weighted by Gasteiger charge is -1.99. The highest BCUT2D eigenvalue weighted by atomic mass is 32.2. The van der Waals surface area contributed by atoms with Gasteiger partial charge in [-0.05, 0) is 5.56 Å². The maximum Gasteiger partial charge on any atom is 0.206 e. The van der Waals surface area contributed by atoms with Crippen molar-refractivity contribution in [1.29, 1.82) is 0 Å². The SMILES string of the molecule is COCCNc1nnc(SCc2ccccc2)s1. The van der Waals surface area contributed by atoms with Gasteiger partial charge in [0.2, 0.25) is 5.13 Å². The van der Waals surface area contributed by atoms with Crippen molar-refractivity contribution in [3.8, 4) is 0 Å². The molecule has 0 aliphatic rings. The van der Waals surface area contributed by atoms with E-state index in [1.54, 1.807) is 30.2 Å². The third kappa shape index (κ3) is 4.29. The predicted octanol–water partition coefficient (Wildman–Crippen LogP) is 2.89. The molecular weight excluding hydrogens is 266 g/mol. The molecule has 0 saturated heterocycles. The molecule has 0 radical (unpaired) electrons. The third-order valence-corrected chi connectivity index (χ3v) is 4.28. The van der Waals surface area contributed by atoms with E-state index < -0.39 is 0 Å². The predicted molar refractivity (Wildman–Crippen MR) is 76.3 cm³/mol. The van der Waals surface area contributed by atoms with E-state index >= 15 is 0 Å². The first-order valence-electron chi connectivity index (χ1n) is 5.61. The lowest BCUT2D eigenvalue weighted by molar-refractivity contribution is 0.211. The maximum atomic E-state index is 4.96. The number of hydrogen-bond acceptors (Lipinski definition) is 6. The van der Waals surface area contributed by atoms with Crippen LogP contribution in [0.1, 0.15) is 5.56 Å². The summed E-state index contributed by atoms with van der Waals surface area (Å²) in [5.41, 5.74) is 1.30. The zero-order valence-electron chi connectivity index (χ0n) is 10.1. The van der Waals surface area contributed by atoms with E-state index in [2.05, 4.69) is 27.6 Å². The number of hydrogen-bond donors (Lipinski definition) is 1. The van der Waals surface area contributed by atoms with Crippen LogP contribution in [0, 0.1) is 0 Å². The maximum absolute atomic E-state index is 4.96. The standard InChI is InChI=1S/C12H15N3OS2/c1-16-8-7-13-11-14-15-12(18-11)17-9-10-5-3-2-4-6-10/h2-6H,7-9H2,1H3,(H,13,14). The Labute approximate surface area is 115 Å². The Morgan fingerprint density at radius 3 is 2.89 bits per heavy atom. The van der Waals surface area contributed by atoms with Gasteiger partial charge < -0.3 is 10.1 Å². The number of benzene rings is 1. The molecule has 0 aliphatic heterocycles. The van der Waals surface area contributed by atoms with Gasteiger partial charge in [-0.2, -0.15) is 0 Å². The number of ether oxygens (including phenoxy) is 1. The van der Waals surface area contributed by atoms with Crippen LogP contribution in [-0.4, -0.2) is 30.5 Å². The van der Waals surface area contributed by atoms with Crippen LogP contribution in [-0.2, 0) is 10.5 Å². The first-order chi connectivity index (χ1) is 8.88. The van der Waals surface area contributed by atoms with Crippen molar-refractivity contribution < 1.29 is 4.74 Å². The number of rotatable bonds is 7. The molecule has 2 rings (SSSR count). The lowest BCUT2D eigenvalue weighted by atomic mass is 10.2. The minimum absolute atomic E-state index is 0.673. The molecule has 1 N–H and O–H groups in total. The topological polar surface area (TPSA) is 47.0 Å². The van der Waals surface area contributed by atoms with Gasteiger partial charge >= 0.3 is 0 Å². The molecular formula is C12H15N3OS2. The van der Waals surface area contributed by atoms with Crippen molar-refractivity contribution in [2.45, 2.75) is 10.1 Å². The average molecular weight is 281 g/mol. The van der Waals surface area contributed by atoms with E-state index in [1.807, 2.05) is 18.2 Å². The Hall–Kier alpha value is -1.11. The van der Waals surface area contributed by atoms with Crippen LogP contribution in [0.4, 0.5) is 5.13 Å². The molecule has 0 fully saturated rings. The molecule has 1 aromatic heterocycles. The Morgan fingerprint density at radius 1 is 1.28 bits per heavy atom. The monoisotopic (exact) mass is 281 g/mol. The van der Waals surface area contributed by atoms with Crippen molar-refractivity contribution in [3.05, 3.63) is 35.9 Å². The van der Waals surface area contributed by atoms with Crippen molar-refractivity contribution in [3.63, 3.8) is 0 Å².